The molecule has 1 rings (SSSR count). The molecule has 0 bridgehead atoms. The first-order valence-electron chi connectivity index (χ1n) is 8.73. The summed E-state index contributed by atoms with van der Waals surface area (Å²) >= 11 is 0. The minimum absolute atomic E-state index is 0.0402. The van der Waals surface area contributed by atoms with E-state index >= 15 is 0 Å². The third kappa shape index (κ3) is 8.06. The highest BCUT2D eigenvalue weighted by molar-refractivity contribution is 6.07. The van der Waals surface area contributed by atoms with E-state index in [1.165, 1.54) is 0 Å². The van der Waals surface area contributed by atoms with Crippen molar-refractivity contribution in [3.05, 3.63) is 48.1 Å². The Morgan fingerprint density at radius 1 is 1.29 bits per heavy atom. The van der Waals surface area contributed by atoms with Gasteiger partial charge in [-0.25, -0.2) is 0 Å². The average molecular weight is 331 g/mol. The molecule has 1 aliphatic carbocycles. The largest absolute Gasteiger partial charge is 0.392 e. The summed E-state index contributed by atoms with van der Waals surface area (Å²) in [5.41, 5.74) is 5.87. The Morgan fingerprint density at radius 2 is 2.08 bits per heavy atom. The molecule has 1 aliphatic rings. The monoisotopic (exact) mass is 331 g/mol. The molecule has 0 aromatic rings. The Morgan fingerprint density at radius 3 is 2.79 bits per heavy atom. The SMILES string of the molecule is CC/C=C\C[C@H](O)C/C=C1/C(=O)C=C[C@@H]1C/C=C\CCCC(N)=O. The third-order valence-corrected chi connectivity index (χ3v) is 3.93. The van der Waals surface area contributed by atoms with E-state index in [2.05, 4.69) is 6.92 Å². The Kier molecular flexibility index (Phi) is 9.70. The molecule has 4 nitrogen and oxygen atoms in total. The molecule has 0 heterocycles. The van der Waals surface area contributed by atoms with E-state index in [1.807, 2.05) is 36.5 Å². The van der Waals surface area contributed by atoms with Crippen LogP contribution in [0.25, 0.3) is 0 Å². The number of unbranched alkanes of at least 4 members (excludes halogenated alkanes) is 1. The number of aliphatic hydroxyl groups excluding tert-OH is 1. The van der Waals surface area contributed by atoms with Gasteiger partial charge in [0.15, 0.2) is 5.78 Å². The second-order valence-electron chi connectivity index (χ2n) is 6.06. The Labute approximate surface area is 144 Å². The summed E-state index contributed by atoms with van der Waals surface area (Å²) in [6.45, 7) is 2.06. The average Bonchev–Trinajstić information content (AvgIpc) is 2.89. The Balaban J connectivity index is 2.43. The highest BCUT2D eigenvalue weighted by Crippen LogP contribution is 2.26. The van der Waals surface area contributed by atoms with Gasteiger partial charge in [-0.3, -0.25) is 9.59 Å². The molecule has 3 N–H and O–H groups in total. The zero-order valence-corrected chi connectivity index (χ0v) is 14.5. The predicted molar refractivity (Wildman–Crippen MR) is 97.2 cm³/mol. The van der Waals surface area contributed by atoms with Gasteiger partial charge < -0.3 is 10.8 Å². The number of rotatable bonds is 11. The molecule has 0 aliphatic heterocycles. The summed E-state index contributed by atoms with van der Waals surface area (Å²) in [7, 11) is 0. The van der Waals surface area contributed by atoms with Gasteiger partial charge in [0, 0.05) is 17.9 Å². The molecule has 0 aromatic carbocycles. The quantitative estimate of drug-likeness (QED) is 0.346. The fourth-order valence-electron chi connectivity index (χ4n) is 2.58. The number of primary amides is 1. The van der Waals surface area contributed by atoms with Crippen molar-refractivity contribution < 1.29 is 14.7 Å². The maximum atomic E-state index is 11.9. The van der Waals surface area contributed by atoms with Gasteiger partial charge in [0.1, 0.15) is 0 Å². The lowest BCUT2D eigenvalue weighted by Crippen LogP contribution is -2.09. The first kappa shape index (κ1) is 20.1. The van der Waals surface area contributed by atoms with Crippen LogP contribution < -0.4 is 5.73 Å². The minimum atomic E-state index is -0.446. The van der Waals surface area contributed by atoms with Crippen LogP contribution in [0.3, 0.4) is 0 Å². The van der Waals surface area contributed by atoms with E-state index in [4.69, 9.17) is 5.73 Å². The molecule has 4 heteroatoms. The van der Waals surface area contributed by atoms with Crippen molar-refractivity contribution in [1.29, 1.82) is 0 Å². The molecule has 0 radical (unpaired) electrons. The van der Waals surface area contributed by atoms with Crippen molar-refractivity contribution >= 4 is 11.7 Å². The normalized spacial score (nSPS) is 20.7. The molecular formula is C20H29NO3. The minimum Gasteiger partial charge on any atom is -0.392 e. The van der Waals surface area contributed by atoms with Crippen molar-refractivity contribution in [2.75, 3.05) is 0 Å². The Hall–Kier alpha value is -1.94. The van der Waals surface area contributed by atoms with Crippen LogP contribution in [0.2, 0.25) is 0 Å². The molecule has 0 spiro atoms. The molecule has 132 valence electrons. The molecule has 24 heavy (non-hydrogen) atoms. The van der Waals surface area contributed by atoms with Crippen molar-refractivity contribution in [2.45, 2.75) is 58.0 Å². The second kappa shape index (κ2) is 11.6. The fraction of sp³-hybridized carbons (Fsp3) is 0.500. The lowest BCUT2D eigenvalue weighted by Gasteiger charge is -2.10. The number of ketones is 1. The number of hydrogen-bond acceptors (Lipinski definition) is 3. The van der Waals surface area contributed by atoms with E-state index in [0.717, 1.165) is 31.3 Å². The number of nitrogens with two attached hydrogens (primary N) is 1. The Bertz CT molecular complexity index is 529. The molecule has 1 amide bonds. The molecule has 0 saturated heterocycles. The van der Waals surface area contributed by atoms with Gasteiger partial charge in [-0.1, -0.05) is 43.4 Å². The van der Waals surface area contributed by atoms with Crippen molar-refractivity contribution in [3.8, 4) is 0 Å². The van der Waals surface area contributed by atoms with Crippen LogP contribution in [0.1, 0.15) is 51.9 Å². The van der Waals surface area contributed by atoms with Crippen LogP contribution in [0.15, 0.2) is 48.1 Å². The zero-order valence-electron chi connectivity index (χ0n) is 14.5. The first-order chi connectivity index (χ1) is 11.5. The van der Waals surface area contributed by atoms with Crippen molar-refractivity contribution in [3.63, 3.8) is 0 Å². The van der Waals surface area contributed by atoms with Crippen LogP contribution in [-0.4, -0.2) is 22.9 Å². The summed E-state index contributed by atoms with van der Waals surface area (Å²) in [6.07, 6.45) is 17.9. The summed E-state index contributed by atoms with van der Waals surface area (Å²) in [5.74, 6) is -0.146. The first-order valence-corrected chi connectivity index (χ1v) is 8.73. The van der Waals surface area contributed by atoms with E-state index < -0.39 is 6.10 Å². The van der Waals surface area contributed by atoms with Gasteiger partial charge in [0.25, 0.3) is 0 Å². The predicted octanol–water partition coefficient (Wildman–Crippen LogP) is 3.38. The highest BCUT2D eigenvalue weighted by atomic mass is 16.3. The lowest BCUT2D eigenvalue weighted by molar-refractivity contribution is -0.118. The number of carbonyl (C=O) groups is 2. The van der Waals surface area contributed by atoms with Gasteiger partial charge in [-0.15, -0.1) is 0 Å². The summed E-state index contributed by atoms with van der Waals surface area (Å²) in [6, 6.07) is 0. The van der Waals surface area contributed by atoms with E-state index in [-0.39, 0.29) is 17.6 Å². The van der Waals surface area contributed by atoms with Crippen LogP contribution >= 0.6 is 0 Å². The molecule has 2 atom stereocenters. The summed E-state index contributed by atoms with van der Waals surface area (Å²) in [4.78, 5) is 22.6. The van der Waals surface area contributed by atoms with Crippen LogP contribution in [0, 0.1) is 5.92 Å². The van der Waals surface area contributed by atoms with Crippen LogP contribution in [0.5, 0.6) is 0 Å². The third-order valence-electron chi connectivity index (χ3n) is 3.93. The molecule has 0 fully saturated rings. The zero-order chi connectivity index (χ0) is 17.8. The summed E-state index contributed by atoms with van der Waals surface area (Å²) in [5, 5.41) is 9.95. The van der Waals surface area contributed by atoms with Gasteiger partial charge in [-0.05, 0) is 44.6 Å². The number of aliphatic hydroxyl groups is 1. The van der Waals surface area contributed by atoms with Gasteiger partial charge in [-0.2, -0.15) is 0 Å². The highest BCUT2D eigenvalue weighted by Gasteiger charge is 2.21. The second-order valence-corrected chi connectivity index (χ2v) is 6.06. The summed E-state index contributed by atoms with van der Waals surface area (Å²) < 4.78 is 0. The standard InChI is InChI=1S/C20H29NO3/c1-2-3-6-10-17(22)13-14-18-16(12-15-19(18)23)9-7-4-5-8-11-20(21)24/h3-4,6-7,12,14-17,22H,2,5,8-11,13H2,1H3,(H2,21,24)/b6-3-,7-4-,18-14+/t16-,17-/m0/s1. The van der Waals surface area contributed by atoms with E-state index in [9.17, 15) is 14.7 Å². The number of hydrogen-bond donors (Lipinski definition) is 2. The van der Waals surface area contributed by atoms with Crippen LogP contribution in [0.4, 0.5) is 0 Å². The molecule has 0 aromatic heterocycles. The van der Waals surface area contributed by atoms with Crippen LogP contribution in [-0.2, 0) is 9.59 Å². The maximum Gasteiger partial charge on any atom is 0.217 e. The van der Waals surface area contributed by atoms with Gasteiger partial charge in [0.2, 0.25) is 5.91 Å². The fourth-order valence-corrected chi connectivity index (χ4v) is 2.58. The van der Waals surface area contributed by atoms with E-state index in [0.29, 0.717) is 19.3 Å². The van der Waals surface area contributed by atoms with Crippen molar-refractivity contribution in [1.82, 2.24) is 0 Å². The lowest BCUT2D eigenvalue weighted by atomic mass is 9.96. The number of allylic oxidation sites excluding steroid dienone is 6. The number of amides is 1. The van der Waals surface area contributed by atoms with Gasteiger partial charge in [0.05, 0.1) is 6.10 Å². The number of carbonyl (C=O) groups excluding carboxylic acids is 2. The topological polar surface area (TPSA) is 80.4 Å². The smallest absolute Gasteiger partial charge is 0.217 e. The van der Waals surface area contributed by atoms with Crippen molar-refractivity contribution in [2.24, 2.45) is 11.7 Å². The molecular weight excluding hydrogens is 302 g/mol. The molecule has 0 saturated carbocycles. The van der Waals surface area contributed by atoms with E-state index in [1.54, 1.807) is 6.08 Å². The molecule has 0 unspecified atom stereocenters. The maximum absolute atomic E-state index is 11.9. The van der Waals surface area contributed by atoms with Gasteiger partial charge >= 0.3 is 0 Å².